The highest BCUT2D eigenvalue weighted by atomic mass is 35.5. The van der Waals surface area contributed by atoms with Gasteiger partial charge in [0.1, 0.15) is 5.15 Å². The number of aldehydes is 1. The number of carbonyl (C=O) groups excluding carboxylic acids is 1. The second-order valence-corrected chi connectivity index (χ2v) is 2.15. The molecule has 0 saturated carbocycles. The first-order chi connectivity index (χ1) is 4.25. The Morgan fingerprint density at radius 2 is 2.44 bits per heavy atom. The summed E-state index contributed by atoms with van der Waals surface area (Å²) in [6, 6.07) is 1.68. The molecular formula is C6H6ClNO. The van der Waals surface area contributed by atoms with Crippen molar-refractivity contribution in [3.8, 4) is 0 Å². The Bertz CT molecular complexity index is 229. The van der Waals surface area contributed by atoms with Crippen LogP contribution in [0.1, 0.15) is 10.4 Å². The first kappa shape index (κ1) is 6.36. The van der Waals surface area contributed by atoms with Crippen molar-refractivity contribution >= 4 is 17.9 Å². The van der Waals surface area contributed by atoms with Crippen molar-refractivity contribution in [1.82, 2.24) is 4.57 Å². The highest BCUT2D eigenvalue weighted by Crippen LogP contribution is 2.12. The third-order valence-electron chi connectivity index (χ3n) is 1.15. The number of nitrogens with zero attached hydrogens (tertiary/aromatic N) is 1. The monoisotopic (exact) mass is 143 g/mol. The van der Waals surface area contributed by atoms with Gasteiger partial charge in [-0.1, -0.05) is 11.6 Å². The standard InChI is InChI=1S/C6H6ClNO/c1-8-3-2-5(4-9)6(8)7/h2-4H,1H3. The molecule has 0 aromatic carbocycles. The van der Waals surface area contributed by atoms with Crippen molar-refractivity contribution < 1.29 is 4.79 Å². The molecule has 0 spiro atoms. The highest BCUT2D eigenvalue weighted by Gasteiger charge is 1.99. The molecule has 3 heteroatoms. The number of aryl methyl sites for hydroxylation is 1. The summed E-state index contributed by atoms with van der Waals surface area (Å²) in [5, 5.41) is 0.491. The van der Waals surface area contributed by atoms with Crippen LogP contribution >= 0.6 is 11.6 Å². The lowest BCUT2D eigenvalue weighted by Crippen LogP contribution is -1.84. The molecule has 0 radical (unpaired) electrons. The molecule has 1 aromatic heterocycles. The fourth-order valence-corrected chi connectivity index (χ4v) is 0.782. The van der Waals surface area contributed by atoms with Crippen LogP contribution in [0.4, 0.5) is 0 Å². The summed E-state index contributed by atoms with van der Waals surface area (Å²) < 4.78 is 1.69. The molecule has 1 heterocycles. The van der Waals surface area contributed by atoms with Gasteiger partial charge >= 0.3 is 0 Å². The molecule has 0 aliphatic heterocycles. The van der Waals surface area contributed by atoms with Gasteiger partial charge in [0.15, 0.2) is 6.29 Å². The van der Waals surface area contributed by atoms with E-state index >= 15 is 0 Å². The van der Waals surface area contributed by atoms with E-state index in [1.54, 1.807) is 23.9 Å². The Labute approximate surface area is 58.0 Å². The molecule has 0 atom stereocenters. The summed E-state index contributed by atoms with van der Waals surface area (Å²) in [5.41, 5.74) is 0.541. The van der Waals surface area contributed by atoms with E-state index in [1.165, 1.54) is 0 Å². The topological polar surface area (TPSA) is 22.0 Å². The van der Waals surface area contributed by atoms with Crippen LogP contribution in [0.5, 0.6) is 0 Å². The van der Waals surface area contributed by atoms with Crippen LogP contribution in [0.2, 0.25) is 5.15 Å². The number of hydrogen-bond donors (Lipinski definition) is 0. The second-order valence-electron chi connectivity index (χ2n) is 1.79. The van der Waals surface area contributed by atoms with Gasteiger partial charge in [-0.25, -0.2) is 0 Å². The highest BCUT2D eigenvalue weighted by molar-refractivity contribution is 6.32. The maximum Gasteiger partial charge on any atom is 0.153 e. The van der Waals surface area contributed by atoms with Crippen molar-refractivity contribution in [3.05, 3.63) is 23.0 Å². The molecule has 9 heavy (non-hydrogen) atoms. The summed E-state index contributed by atoms with van der Waals surface area (Å²) >= 11 is 5.64. The molecule has 0 unspecified atom stereocenters. The van der Waals surface area contributed by atoms with Crippen LogP contribution in [0.3, 0.4) is 0 Å². The van der Waals surface area contributed by atoms with Crippen molar-refractivity contribution in [3.63, 3.8) is 0 Å². The smallest absolute Gasteiger partial charge is 0.153 e. The SMILES string of the molecule is Cn1ccc(C=O)c1Cl. The number of aromatic nitrogens is 1. The van der Waals surface area contributed by atoms with Crippen molar-refractivity contribution in [2.45, 2.75) is 0 Å². The molecule has 0 aliphatic rings. The van der Waals surface area contributed by atoms with E-state index in [2.05, 4.69) is 0 Å². The van der Waals surface area contributed by atoms with Crippen LogP contribution in [-0.4, -0.2) is 10.9 Å². The largest absolute Gasteiger partial charge is 0.341 e. The average molecular weight is 144 g/mol. The average Bonchev–Trinajstić information content (AvgIpc) is 2.15. The molecule has 1 aromatic rings. The van der Waals surface area contributed by atoms with E-state index in [0.29, 0.717) is 10.7 Å². The van der Waals surface area contributed by atoms with Crippen LogP contribution in [-0.2, 0) is 7.05 Å². The molecule has 1 rings (SSSR count). The summed E-state index contributed by atoms with van der Waals surface area (Å²) in [4.78, 5) is 10.1. The summed E-state index contributed by atoms with van der Waals surface area (Å²) in [6.45, 7) is 0. The van der Waals surface area contributed by atoms with Crippen LogP contribution in [0.25, 0.3) is 0 Å². The van der Waals surface area contributed by atoms with Gasteiger partial charge in [0.25, 0.3) is 0 Å². The first-order valence-corrected chi connectivity index (χ1v) is 2.89. The predicted molar refractivity (Wildman–Crippen MR) is 35.8 cm³/mol. The molecule has 0 fully saturated rings. The number of hydrogen-bond acceptors (Lipinski definition) is 1. The molecule has 48 valence electrons. The zero-order valence-corrected chi connectivity index (χ0v) is 5.72. The third-order valence-corrected chi connectivity index (χ3v) is 1.64. The Morgan fingerprint density at radius 3 is 2.67 bits per heavy atom. The minimum atomic E-state index is 0.491. The van der Waals surface area contributed by atoms with E-state index in [-0.39, 0.29) is 0 Å². The molecule has 0 N–H and O–H groups in total. The molecule has 0 bridgehead atoms. The molecule has 0 aliphatic carbocycles. The van der Waals surface area contributed by atoms with E-state index in [1.807, 2.05) is 0 Å². The van der Waals surface area contributed by atoms with E-state index in [9.17, 15) is 4.79 Å². The van der Waals surface area contributed by atoms with Crippen LogP contribution in [0, 0.1) is 0 Å². The van der Waals surface area contributed by atoms with Crippen LogP contribution in [0.15, 0.2) is 12.3 Å². The van der Waals surface area contributed by atoms with Gasteiger partial charge < -0.3 is 4.57 Å². The van der Waals surface area contributed by atoms with E-state index in [0.717, 1.165) is 6.29 Å². The molecule has 2 nitrogen and oxygen atoms in total. The Balaban J connectivity index is 3.18. The Hall–Kier alpha value is -0.760. The van der Waals surface area contributed by atoms with Gasteiger partial charge in [0, 0.05) is 13.2 Å². The van der Waals surface area contributed by atoms with Gasteiger partial charge in [-0.15, -0.1) is 0 Å². The fourth-order valence-electron chi connectivity index (χ4n) is 0.618. The predicted octanol–water partition coefficient (Wildman–Crippen LogP) is 1.49. The zero-order chi connectivity index (χ0) is 6.85. The van der Waals surface area contributed by atoms with E-state index < -0.39 is 0 Å². The van der Waals surface area contributed by atoms with Gasteiger partial charge in [-0.2, -0.15) is 0 Å². The Morgan fingerprint density at radius 1 is 1.78 bits per heavy atom. The third kappa shape index (κ3) is 0.980. The van der Waals surface area contributed by atoms with Crippen molar-refractivity contribution in [2.75, 3.05) is 0 Å². The molecule has 0 saturated heterocycles. The van der Waals surface area contributed by atoms with Gasteiger partial charge in [0.05, 0.1) is 5.56 Å². The zero-order valence-electron chi connectivity index (χ0n) is 4.97. The minimum absolute atomic E-state index is 0.491. The van der Waals surface area contributed by atoms with Gasteiger partial charge in [0.2, 0.25) is 0 Å². The van der Waals surface area contributed by atoms with Crippen molar-refractivity contribution in [1.29, 1.82) is 0 Å². The summed E-state index contributed by atoms with van der Waals surface area (Å²) in [7, 11) is 1.79. The lowest BCUT2D eigenvalue weighted by Gasteiger charge is -1.90. The van der Waals surface area contributed by atoms with Gasteiger partial charge in [-0.3, -0.25) is 4.79 Å². The van der Waals surface area contributed by atoms with Crippen molar-refractivity contribution in [2.24, 2.45) is 7.05 Å². The quantitative estimate of drug-likeness (QED) is 0.546. The Kier molecular flexibility index (Phi) is 1.58. The maximum absolute atomic E-state index is 10.1. The molecular weight excluding hydrogens is 138 g/mol. The number of carbonyl (C=O) groups is 1. The number of rotatable bonds is 1. The minimum Gasteiger partial charge on any atom is -0.341 e. The lowest BCUT2D eigenvalue weighted by molar-refractivity contribution is 0.112. The van der Waals surface area contributed by atoms with E-state index in [4.69, 9.17) is 11.6 Å². The lowest BCUT2D eigenvalue weighted by atomic mass is 10.4. The summed E-state index contributed by atoms with van der Waals surface area (Å²) in [5.74, 6) is 0. The van der Waals surface area contributed by atoms with Gasteiger partial charge in [-0.05, 0) is 6.07 Å². The maximum atomic E-state index is 10.1. The number of halogens is 1. The second kappa shape index (κ2) is 2.23. The molecule has 0 amide bonds. The van der Waals surface area contributed by atoms with Crippen LogP contribution < -0.4 is 0 Å². The first-order valence-electron chi connectivity index (χ1n) is 2.51. The normalized spacial score (nSPS) is 9.56. The fraction of sp³-hybridized carbons (Fsp3) is 0.167. The summed E-state index contributed by atoms with van der Waals surface area (Å²) in [6.07, 6.45) is 2.48.